The molecule has 0 amide bonds. The van der Waals surface area contributed by atoms with Crippen molar-refractivity contribution < 1.29 is 9.66 Å². The normalized spacial score (nSPS) is 8.65. The first kappa shape index (κ1) is 12.2. The van der Waals surface area contributed by atoms with Gasteiger partial charge >= 0.3 is 5.69 Å². The molecule has 0 fully saturated rings. The fourth-order valence-corrected chi connectivity index (χ4v) is 1.26. The Balaban J connectivity index is 3.46. The summed E-state index contributed by atoms with van der Waals surface area (Å²) < 4.78 is 4.86. The molecule has 6 heteroatoms. The third-order valence-corrected chi connectivity index (χ3v) is 1.97. The van der Waals surface area contributed by atoms with Gasteiger partial charge in [0, 0.05) is 0 Å². The molecule has 1 aromatic carbocycles. The van der Waals surface area contributed by atoms with Gasteiger partial charge in [-0.3, -0.25) is 10.1 Å². The molecule has 0 unspecified atom stereocenters. The van der Waals surface area contributed by atoms with Crippen molar-refractivity contribution in [1.29, 1.82) is 10.5 Å². The zero-order valence-electron chi connectivity index (χ0n) is 8.88. The Morgan fingerprint density at radius 3 is 2.59 bits per heavy atom. The summed E-state index contributed by atoms with van der Waals surface area (Å²) in [5, 5.41) is 28.1. The molecule has 1 aromatic rings. The maximum absolute atomic E-state index is 10.9. The molecule has 1 rings (SSSR count). The van der Waals surface area contributed by atoms with E-state index in [1.165, 1.54) is 19.2 Å². The summed E-state index contributed by atoms with van der Waals surface area (Å²) >= 11 is 0. The lowest BCUT2D eigenvalue weighted by atomic mass is 10.1. The molecular formula is C11H7N3O3. The molecule has 0 heterocycles. The largest absolute Gasteiger partial charge is 0.490 e. The van der Waals surface area contributed by atoms with Crippen molar-refractivity contribution in [2.45, 2.75) is 0 Å². The highest BCUT2D eigenvalue weighted by Crippen LogP contribution is 2.31. The van der Waals surface area contributed by atoms with E-state index in [1.807, 2.05) is 0 Å². The highest BCUT2D eigenvalue weighted by atomic mass is 16.6. The monoisotopic (exact) mass is 229 g/mol. The quantitative estimate of drug-likeness (QED) is 0.448. The van der Waals surface area contributed by atoms with Crippen LogP contribution in [0.4, 0.5) is 5.69 Å². The number of nitro benzene ring substituents is 1. The lowest BCUT2D eigenvalue weighted by Crippen LogP contribution is -1.96. The van der Waals surface area contributed by atoms with E-state index in [-0.39, 0.29) is 22.6 Å². The summed E-state index contributed by atoms with van der Waals surface area (Å²) in [7, 11) is 1.31. The summed E-state index contributed by atoms with van der Waals surface area (Å²) in [6.45, 7) is 0. The van der Waals surface area contributed by atoms with E-state index in [0.717, 1.165) is 6.08 Å². The van der Waals surface area contributed by atoms with Gasteiger partial charge in [0.1, 0.15) is 17.7 Å². The Kier molecular flexibility index (Phi) is 3.80. The van der Waals surface area contributed by atoms with E-state index in [9.17, 15) is 10.1 Å². The van der Waals surface area contributed by atoms with E-state index in [0.29, 0.717) is 0 Å². The number of ether oxygens (including phenoxy) is 1. The van der Waals surface area contributed by atoms with Gasteiger partial charge in [-0.15, -0.1) is 0 Å². The number of methoxy groups -OCH3 is 1. The standard InChI is InChI=1S/C11H7N3O3/c1-17-10-4-2-3-9(11(10)14(15)16)5-8(6-12)7-13/h2-5H,1H3. The van der Waals surface area contributed by atoms with E-state index < -0.39 is 4.92 Å². The highest BCUT2D eigenvalue weighted by molar-refractivity contribution is 5.71. The SMILES string of the molecule is COc1cccc(C=C(C#N)C#N)c1[N+](=O)[O-]. The smallest absolute Gasteiger partial charge is 0.318 e. The third kappa shape index (κ3) is 2.58. The van der Waals surface area contributed by atoms with Crippen LogP contribution in [0.5, 0.6) is 5.75 Å². The number of nitro groups is 1. The molecule has 0 aliphatic rings. The molecule has 0 saturated heterocycles. The number of hydrogen-bond donors (Lipinski definition) is 0. The summed E-state index contributed by atoms with van der Waals surface area (Å²) in [6.07, 6.45) is 1.15. The van der Waals surface area contributed by atoms with Crippen LogP contribution in [-0.2, 0) is 0 Å². The topological polar surface area (TPSA) is 99.9 Å². The molecule has 0 atom stereocenters. The van der Waals surface area contributed by atoms with Crippen molar-refractivity contribution in [2.24, 2.45) is 0 Å². The number of nitriles is 2. The second-order valence-corrected chi connectivity index (χ2v) is 2.94. The fraction of sp³-hybridized carbons (Fsp3) is 0.0909. The van der Waals surface area contributed by atoms with Crippen LogP contribution in [0.25, 0.3) is 6.08 Å². The number of hydrogen-bond acceptors (Lipinski definition) is 5. The van der Waals surface area contributed by atoms with Crippen molar-refractivity contribution in [3.63, 3.8) is 0 Å². The Morgan fingerprint density at radius 1 is 1.47 bits per heavy atom. The van der Waals surface area contributed by atoms with Crippen molar-refractivity contribution in [3.05, 3.63) is 39.4 Å². The van der Waals surface area contributed by atoms with E-state index in [2.05, 4.69) is 0 Å². The van der Waals surface area contributed by atoms with Gasteiger partial charge in [-0.25, -0.2) is 0 Å². The van der Waals surface area contributed by atoms with E-state index in [1.54, 1.807) is 18.2 Å². The number of rotatable bonds is 3. The zero-order valence-corrected chi connectivity index (χ0v) is 8.88. The molecule has 0 N–H and O–H groups in total. The molecule has 0 saturated carbocycles. The first-order chi connectivity index (χ1) is 8.13. The maximum Gasteiger partial charge on any atom is 0.318 e. The number of nitrogens with zero attached hydrogens (tertiary/aromatic N) is 3. The summed E-state index contributed by atoms with van der Waals surface area (Å²) in [5.74, 6) is 0.0824. The first-order valence-corrected chi connectivity index (χ1v) is 4.47. The van der Waals surface area contributed by atoms with Crippen molar-refractivity contribution in [2.75, 3.05) is 7.11 Å². The van der Waals surface area contributed by atoms with Gasteiger partial charge in [-0.2, -0.15) is 10.5 Å². The third-order valence-electron chi connectivity index (χ3n) is 1.97. The van der Waals surface area contributed by atoms with Crippen LogP contribution < -0.4 is 4.74 Å². The summed E-state index contributed by atoms with van der Waals surface area (Å²) in [4.78, 5) is 10.3. The Morgan fingerprint density at radius 2 is 2.12 bits per heavy atom. The van der Waals surface area contributed by atoms with Crippen LogP contribution in [0, 0.1) is 32.8 Å². The first-order valence-electron chi connectivity index (χ1n) is 4.47. The molecular weight excluding hydrogens is 222 g/mol. The average molecular weight is 229 g/mol. The van der Waals surface area contributed by atoms with Crippen molar-refractivity contribution in [1.82, 2.24) is 0 Å². The number of benzene rings is 1. The average Bonchev–Trinajstić information content (AvgIpc) is 2.34. The molecule has 0 aliphatic carbocycles. The Hall–Kier alpha value is -2.86. The van der Waals surface area contributed by atoms with Gasteiger partial charge in [0.05, 0.1) is 17.6 Å². The highest BCUT2D eigenvalue weighted by Gasteiger charge is 2.19. The van der Waals surface area contributed by atoms with Crippen molar-refractivity contribution in [3.8, 4) is 17.9 Å². The zero-order chi connectivity index (χ0) is 12.8. The molecule has 0 radical (unpaired) electrons. The van der Waals surface area contributed by atoms with Crippen LogP contribution in [0.2, 0.25) is 0 Å². The summed E-state index contributed by atoms with van der Waals surface area (Å²) in [6, 6.07) is 7.70. The van der Waals surface area contributed by atoms with Crippen LogP contribution in [0.1, 0.15) is 5.56 Å². The molecule has 0 bridgehead atoms. The number of para-hydroxylation sites is 1. The van der Waals surface area contributed by atoms with Gasteiger partial charge in [0.2, 0.25) is 0 Å². The fourth-order valence-electron chi connectivity index (χ4n) is 1.26. The minimum absolute atomic E-state index is 0.0824. The van der Waals surface area contributed by atoms with Crippen molar-refractivity contribution >= 4 is 11.8 Å². The molecule has 17 heavy (non-hydrogen) atoms. The summed E-state index contributed by atoms with van der Waals surface area (Å²) in [5.41, 5.74) is -0.313. The van der Waals surface area contributed by atoms with Gasteiger partial charge in [0.15, 0.2) is 5.75 Å². The van der Waals surface area contributed by atoms with Crippen LogP contribution in [0.3, 0.4) is 0 Å². The molecule has 0 aliphatic heterocycles. The predicted molar refractivity (Wildman–Crippen MR) is 58.9 cm³/mol. The van der Waals surface area contributed by atoms with Crippen LogP contribution in [0.15, 0.2) is 23.8 Å². The molecule has 0 aromatic heterocycles. The van der Waals surface area contributed by atoms with Gasteiger partial charge in [-0.1, -0.05) is 6.07 Å². The van der Waals surface area contributed by atoms with E-state index in [4.69, 9.17) is 15.3 Å². The lowest BCUT2D eigenvalue weighted by Gasteiger charge is -2.03. The van der Waals surface area contributed by atoms with Crippen LogP contribution in [-0.4, -0.2) is 12.0 Å². The number of allylic oxidation sites excluding steroid dienone is 1. The van der Waals surface area contributed by atoms with Gasteiger partial charge in [0.25, 0.3) is 0 Å². The molecule has 6 nitrogen and oxygen atoms in total. The maximum atomic E-state index is 10.9. The van der Waals surface area contributed by atoms with Crippen LogP contribution >= 0.6 is 0 Å². The van der Waals surface area contributed by atoms with E-state index >= 15 is 0 Å². The van der Waals surface area contributed by atoms with Gasteiger partial charge < -0.3 is 4.74 Å². The minimum Gasteiger partial charge on any atom is -0.490 e. The second-order valence-electron chi connectivity index (χ2n) is 2.94. The van der Waals surface area contributed by atoms with Gasteiger partial charge in [-0.05, 0) is 18.2 Å². The minimum atomic E-state index is -0.614. The second kappa shape index (κ2) is 5.29. The molecule has 84 valence electrons. The Labute approximate surface area is 97.1 Å². The Bertz CT molecular complexity index is 548. The predicted octanol–water partition coefficient (Wildman–Crippen LogP) is 2.03. The lowest BCUT2D eigenvalue weighted by molar-refractivity contribution is -0.386. The molecule has 0 spiro atoms.